The van der Waals surface area contributed by atoms with Crippen molar-refractivity contribution >= 4 is 18.9 Å². The first kappa shape index (κ1) is 19.9. The van der Waals surface area contributed by atoms with Gasteiger partial charge in [0.2, 0.25) is 0 Å². The Morgan fingerprint density at radius 3 is 1.76 bits per heavy atom. The van der Waals surface area contributed by atoms with E-state index in [1.165, 1.54) is 10.4 Å². The van der Waals surface area contributed by atoms with Crippen LogP contribution in [0.2, 0.25) is 0 Å². The SMILES string of the molecule is CCCCO[Si](OC(CC)C(C)C)(c1ccccc1)c1ccccc1. The Morgan fingerprint density at radius 2 is 1.36 bits per heavy atom. The van der Waals surface area contributed by atoms with E-state index in [2.05, 4.69) is 88.4 Å². The molecule has 0 aliphatic rings. The van der Waals surface area contributed by atoms with Crippen molar-refractivity contribution < 1.29 is 8.85 Å². The van der Waals surface area contributed by atoms with Gasteiger partial charge in [-0.2, -0.15) is 0 Å². The number of hydrogen-bond acceptors (Lipinski definition) is 2. The summed E-state index contributed by atoms with van der Waals surface area (Å²) in [5, 5.41) is 2.38. The first-order chi connectivity index (χ1) is 12.1. The molecule has 0 aliphatic carbocycles. The molecule has 0 heterocycles. The van der Waals surface area contributed by atoms with E-state index in [4.69, 9.17) is 8.85 Å². The minimum Gasteiger partial charge on any atom is -0.388 e. The summed E-state index contributed by atoms with van der Waals surface area (Å²) >= 11 is 0. The predicted octanol–water partition coefficient (Wildman–Crippen LogP) is 4.51. The molecule has 0 aromatic heterocycles. The zero-order chi connectivity index (χ0) is 18.1. The number of hydrogen-bond donors (Lipinski definition) is 0. The molecule has 2 aromatic rings. The lowest BCUT2D eigenvalue weighted by Gasteiger charge is -2.36. The van der Waals surface area contributed by atoms with Crippen LogP contribution in [0.5, 0.6) is 0 Å². The van der Waals surface area contributed by atoms with Gasteiger partial charge in [-0.3, -0.25) is 0 Å². The fourth-order valence-corrected chi connectivity index (χ4v) is 6.65. The lowest BCUT2D eigenvalue weighted by Crippen LogP contribution is -2.65. The predicted molar refractivity (Wildman–Crippen MR) is 109 cm³/mol. The van der Waals surface area contributed by atoms with Crippen LogP contribution in [0.25, 0.3) is 0 Å². The van der Waals surface area contributed by atoms with Gasteiger partial charge in [-0.25, -0.2) is 0 Å². The van der Waals surface area contributed by atoms with Crippen molar-refractivity contribution in [1.82, 2.24) is 0 Å². The summed E-state index contributed by atoms with van der Waals surface area (Å²) in [6, 6.07) is 21.1. The molecular weight excluding hydrogens is 324 g/mol. The first-order valence-corrected chi connectivity index (χ1v) is 11.4. The Balaban J connectivity index is 2.52. The summed E-state index contributed by atoms with van der Waals surface area (Å²) in [5.41, 5.74) is 0. The molecule has 2 aromatic carbocycles. The van der Waals surface area contributed by atoms with E-state index in [1.54, 1.807) is 0 Å². The van der Waals surface area contributed by atoms with Crippen molar-refractivity contribution in [3.8, 4) is 0 Å². The number of rotatable bonds is 10. The smallest absolute Gasteiger partial charge is 0.388 e. The van der Waals surface area contributed by atoms with Crippen molar-refractivity contribution in [2.24, 2.45) is 5.92 Å². The van der Waals surface area contributed by atoms with Crippen LogP contribution >= 0.6 is 0 Å². The lowest BCUT2D eigenvalue weighted by molar-refractivity contribution is 0.0939. The molecule has 0 fully saturated rings. The van der Waals surface area contributed by atoms with E-state index >= 15 is 0 Å². The van der Waals surface area contributed by atoms with E-state index in [0.717, 1.165) is 25.9 Å². The van der Waals surface area contributed by atoms with Crippen LogP contribution < -0.4 is 10.4 Å². The standard InChI is InChI=1S/C22H32O2Si/c1-5-7-18-23-25(20-14-10-8-11-15-20,21-16-12-9-13-17-21)24-22(6-2)19(3)4/h8-17,19,22H,5-7,18H2,1-4H3. The van der Waals surface area contributed by atoms with Crippen molar-refractivity contribution in [3.63, 3.8) is 0 Å². The van der Waals surface area contributed by atoms with Crippen molar-refractivity contribution in [2.75, 3.05) is 6.61 Å². The van der Waals surface area contributed by atoms with Gasteiger partial charge in [0, 0.05) is 12.7 Å². The summed E-state index contributed by atoms with van der Waals surface area (Å²) in [6.45, 7) is 9.60. The highest BCUT2D eigenvalue weighted by molar-refractivity contribution is 6.92. The largest absolute Gasteiger partial charge is 0.407 e. The molecule has 3 heteroatoms. The van der Waals surface area contributed by atoms with Gasteiger partial charge in [-0.05, 0) is 29.1 Å². The average molecular weight is 357 g/mol. The van der Waals surface area contributed by atoms with Crippen LogP contribution in [0.1, 0.15) is 47.0 Å². The summed E-state index contributed by atoms with van der Waals surface area (Å²) in [6.07, 6.45) is 3.35. The fourth-order valence-electron chi connectivity index (χ4n) is 3.08. The molecule has 1 unspecified atom stereocenters. The van der Waals surface area contributed by atoms with Gasteiger partial charge < -0.3 is 8.85 Å². The molecule has 2 nitrogen and oxygen atoms in total. The summed E-state index contributed by atoms with van der Waals surface area (Å²) in [7, 11) is -2.73. The quantitative estimate of drug-likeness (QED) is 0.460. The van der Waals surface area contributed by atoms with Crippen LogP contribution in [0.4, 0.5) is 0 Å². The van der Waals surface area contributed by atoms with Gasteiger partial charge in [-0.1, -0.05) is 94.8 Å². The molecule has 0 radical (unpaired) electrons. The second-order valence-corrected chi connectivity index (χ2v) is 9.77. The third-order valence-corrected chi connectivity index (χ3v) is 8.01. The van der Waals surface area contributed by atoms with Crippen molar-refractivity contribution in [3.05, 3.63) is 60.7 Å². The Hall–Kier alpha value is -1.42. The van der Waals surface area contributed by atoms with Crippen molar-refractivity contribution in [2.45, 2.75) is 53.1 Å². The topological polar surface area (TPSA) is 18.5 Å². The Kier molecular flexibility index (Phi) is 7.88. The molecule has 136 valence electrons. The normalized spacial score (nSPS) is 13.2. The third kappa shape index (κ3) is 5.03. The zero-order valence-electron chi connectivity index (χ0n) is 16.1. The highest BCUT2D eigenvalue weighted by atomic mass is 28.4. The monoisotopic (exact) mass is 356 g/mol. The highest BCUT2D eigenvalue weighted by Gasteiger charge is 2.44. The van der Waals surface area contributed by atoms with Gasteiger partial charge in [0.25, 0.3) is 0 Å². The highest BCUT2D eigenvalue weighted by Crippen LogP contribution is 2.19. The van der Waals surface area contributed by atoms with Gasteiger partial charge >= 0.3 is 8.56 Å². The molecule has 0 N–H and O–H groups in total. The molecule has 2 rings (SSSR count). The molecule has 0 spiro atoms. The van der Waals surface area contributed by atoms with E-state index in [-0.39, 0.29) is 6.10 Å². The van der Waals surface area contributed by atoms with E-state index in [0.29, 0.717) is 5.92 Å². The molecule has 0 amide bonds. The molecule has 0 bridgehead atoms. The number of benzene rings is 2. The van der Waals surface area contributed by atoms with E-state index in [9.17, 15) is 0 Å². The van der Waals surface area contributed by atoms with Crippen LogP contribution in [-0.2, 0) is 8.85 Å². The molecule has 25 heavy (non-hydrogen) atoms. The van der Waals surface area contributed by atoms with Crippen LogP contribution in [0, 0.1) is 5.92 Å². The van der Waals surface area contributed by atoms with Gasteiger partial charge in [0.05, 0.1) is 0 Å². The maximum absolute atomic E-state index is 6.88. The number of unbranched alkanes of at least 4 members (excludes halogenated alkanes) is 1. The van der Waals surface area contributed by atoms with Gasteiger partial charge in [-0.15, -0.1) is 0 Å². The minimum absolute atomic E-state index is 0.189. The Morgan fingerprint density at radius 1 is 0.840 bits per heavy atom. The minimum atomic E-state index is -2.73. The Bertz CT molecular complexity index is 558. The van der Waals surface area contributed by atoms with E-state index < -0.39 is 8.56 Å². The summed E-state index contributed by atoms with van der Waals surface area (Å²) in [4.78, 5) is 0. The fraction of sp³-hybridized carbons (Fsp3) is 0.455. The molecule has 0 saturated heterocycles. The lowest BCUT2D eigenvalue weighted by atomic mass is 10.1. The average Bonchev–Trinajstić information content (AvgIpc) is 2.66. The third-order valence-electron chi connectivity index (χ3n) is 4.57. The van der Waals surface area contributed by atoms with Crippen molar-refractivity contribution in [1.29, 1.82) is 0 Å². The molecule has 0 saturated carbocycles. The maximum Gasteiger partial charge on any atom is 0.407 e. The Labute approximate surface area is 154 Å². The first-order valence-electron chi connectivity index (χ1n) is 9.56. The van der Waals surface area contributed by atoms with Crippen LogP contribution in [-0.4, -0.2) is 21.3 Å². The molecule has 1 atom stereocenters. The molecular formula is C22H32O2Si. The second kappa shape index (κ2) is 9.90. The van der Waals surface area contributed by atoms with Gasteiger partial charge in [0.1, 0.15) is 0 Å². The summed E-state index contributed by atoms with van der Waals surface area (Å²) in [5.74, 6) is 0.457. The maximum atomic E-state index is 6.88. The van der Waals surface area contributed by atoms with Crippen LogP contribution in [0.15, 0.2) is 60.7 Å². The van der Waals surface area contributed by atoms with Crippen LogP contribution in [0.3, 0.4) is 0 Å². The summed E-state index contributed by atoms with van der Waals surface area (Å²) < 4.78 is 13.5. The molecule has 0 aliphatic heterocycles. The van der Waals surface area contributed by atoms with E-state index in [1.807, 2.05) is 0 Å². The second-order valence-electron chi connectivity index (χ2n) is 6.86. The van der Waals surface area contributed by atoms with Gasteiger partial charge in [0.15, 0.2) is 0 Å². The zero-order valence-corrected chi connectivity index (χ0v) is 17.1.